The summed E-state index contributed by atoms with van der Waals surface area (Å²) >= 11 is 0. The standard InChI is InChI=1S/C68H46N2/c1-2-18-47(19-3-1)55-21-6-8-24-58(55)61-27-11-12-28-62(61)59-25-9-7-22-56(59)48-34-38-51(39-35-48)69(53-42-44-54(45-43-53)70-67-32-16-14-30-64(67)65-31-15-17-33-68(65)70)52-40-36-49(37-41-52)66-46-50-20-4-5-23-57(50)60-26-10-13-29-63(60)66/h1-46H. The average molecular weight is 891 g/mol. The van der Waals surface area contributed by atoms with Crippen molar-refractivity contribution in [3.8, 4) is 61.3 Å². The van der Waals surface area contributed by atoms with Crippen LogP contribution in [0.2, 0.25) is 0 Å². The zero-order valence-corrected chi connectivity index (χ0v) is 38.5. The number of benzene rings is 12. The highest BCUT2D eigenvalue weighted by molar-refractivity contribution is 6.14. The lowest BCUT2D eigenvalue weighted by atomic mass is 9.87. The minimum absolute atomic E-state index is 1.08. The Kier molecular flexibility index (Phi) is 10.2. The molecule has 12 aromatic carbocycles. The molecule has 0 unspecified atom stereocenters. The highest BCUT2D eigenvalue weighted by atomic mass is 15.1. The second kappa shape index (κ2) is 17.4. The molecule has 0 bridgehead atoms. The molecular formula is C68H46N2. The molecule has 0 aliphatic rings. The molecule has 0 radical (unpaired) electrons. The molecule has 2 nitrogen and oxygen atoms in total. The van der Waals surface area contributed by atoms with Gasteiger partial charge in [-0.25, -0.2) is 0 Å². The SMILES string of the molecule is c1ccc(-c2ccccc2-c2ccccc2-c2ccccc2-c2ccc(N(c3ccc(-c4cc5ccccc5c5ccccc45)cc3)c3ccc(-n4c5ccccc5c5ccccc54)cc3)cc2)cc1. The van der Waals surface area contributed by atoms with Crippen LogP contribution in [0.1, 0.15) is 0 Å². The van der Waals surface area contributed by atoms with Crippen LogP contribution in [0, 0.1) is 0 Å². The van der Waals surface area contributed by atoms with Crippen molar-refractivity contribution in [1.29, 1.82) is 0 Å². The molecule has 0 fully saturated rings. The molecule has 0 atom stereocenters. The average Bonchev–Trinajstić information content (AvgIpc) is 3.78. The highest BCUT2D eigenvalue weighted by Gasteiger charge is 2.19. The van der Waals surface area contributed by atoms with E-state index in [1.165, 1.54) is 93.4 Å². The minimum atomic E-state index is 1.08. The third-order valence-electron chi connectivity index (χ3n) is 14.0. The van der Waals surface area contributed by atoms with Gasteiger partial charge in [-0.3, -0.25) is 0 Å². The molecule has 2 heteroatoms. The molecule has 1 heterocycles. The molecule has 328 valence electrons. The second-order valence-corrected chi connectivity index (χ2v) is 18.0. The smallest absolute Gasteiger partial charge is 0.0541 e. The Morgan fingerprint density at radius 1 is 0.229 bits per heavy atom. The van der Waals surface area contributed by atoms with Gasteiger partial charge in [-0.1, -0.05) is 212 Å². The Morgan fingerprint density at radius 3 is 1.11 bits per heavy atom. The summed E-state index contributed by atoms with van der Waals surface area (Å²) < 4.78 is 2.38. The largest absolute Gasteiger partial charge is 0.311 e. The molecule has 0 aliphatic heterocycles. The van der Waals surface area contributed by atoms with E-state index >= 15 is 0 Å². The zero-order chi connectivity index (χ0) is 46.4. The Morgan fingerprint density at radius 2 is 0.586 bits per heavy atom. The molecule has 0 aliphatic carbocycles. The maximum absolute atomic E-state index is 2.38. The molecule has 1 aromatic heterocycles. The summed E-state index contributed by atoms with van der Waals surface area (Å²) in [6.07, 6.45) is 0. The normalized spacial score (nSPS) is 11.4. The predicted octanol–water partition coefficient (Wildman–Crippen LogP) is 18.9. The number of hydrogen-bond acceptors (Lipinski definition) is 1. The third-order valence-corrected chi connectivity index (χ3v) is 14.0. The fourth-order valence-electron chi connectivity index (χ4n) is 10.8. The lowest BCUT2D eigenvalue weighted by molar-refractivity contribution is 1.17. The van der Waals surface area contributed by atoms with Crippen molar-refractivity contribution in [2.75, 3.05) is 4.90 Å². The van der Waals surface area contributed by atoms with Gasteiger partial charge in [0.05, 0.1) is 11.0 Å². The van der Waals surface area contributed by atoms with E-state index in [0.717, 1.165) is 28.3 Å². The van der Waals surface area contributed by atoms with Gasteiger partial charge in [-0.2, -0.15) is 0 Å². The lowest BCUT2D eigenvalue weighted by Gasteiger charge is -2.26. The molecule has 13 aromatic rings. The molecule has 13 rings (SSSR count). The fourth-order valence-corrected chi connectivity index (χ4v) is 10.8. The quantitative estimate of drug-likeness (QED) is 0.131. The summed E-state index contributed by atoms with van der Waals surface area (Å²) in [7, 11) is 0. The molecule has 0 saturated heterocycles. The number of anilines is 3. The Balaban J connectivity index is 0.912. The van der Waals surface area contributed by atoms with Crippen LogP contribution < -0.4 is 4.90 Å². The van der Waals surface area contributed by atoms with Gasteiger partial charge in [0.25, 0.3) is 0 Å². The van der Waals surface area contributed by atoms with Crippen LogP contribution in [0.25, 0.3) is 105 Å². The molecular weight excluding hydrogens is 845 g/mol. The van der Waals surface area contributed by atoms with E-state index in [9.17, 15) is 0 Å². The first-order chi connectivity index (χ1) is 34.7. The number of rotatable bonds is 9. The van der Waals surface area contributed by atoms with Crippen LogP contribution in [-0.4, -0.2) is 4.57 Å². The topological polar surface area (TPSA) is 8.17 Å². The first-order valence-corrected chi connectivity index (χ1v) is 24.1. The van der Waals surface area contributed by atoms with Gasteiger partial charge in [0, 0.05) is 33.5 Å². The van der Waals surface area contributed by atoms with Crippen molar-refractivity contribution in [1.82, 2.24) is 4.57 Å². The number of aromatic nitrogens is 1. The number of hydrogen-bond donors (Lipinski definition) is 0. The van der Waals surface area contributed by atoms with E-state index in [1.54, 1.807) is 0 Å². The predicted molar refractivity (Wildman–Crippen MR) is 298 cm³/mol. The minimum Gasteiger partial charge on any atom is -0.311 e. The van der Waals surface area contributed by atoms with E-state index in [-0.39, 0.29) is 0 Å². The molecule has 0 N–H and O–H groups in total. The third kappa shape index (κ3) is 7.13. The van der Waals surface area contributed by atoms with Crippen molar-refractivity contribution in [2.24, 2.45) is 0 Å². The van der Waals surface area contributed by atoms with Crippen molar-refractivity contribution in [3.05, 3.63) is 279 Å². The van der Waals surface area contributed by atoms with Gasteiger partial charge >= 0.3 is 0 Å². The highest BCUT2D eigenvalue weighted by Crippen LogP contribution is 2.44. The summed E-state index contributed by atoms with van der Waals surface area (Å²) in [6.45, 7) is 0. The van der Waals surface area contributed by atoms with Crippen molar-refractivity contribution >= 4 is 60.4 Å². The maximum atomic E-state index is 2.38. The van der Waals surface area contributed by atoms with Crippen LogP contribution in [-0.2, 0) is 0 Å². The first kappa shape index (κ1) is 41.0. The number of fused-ring (bicyclic) bond motifs is 6. The Hall–Kier alpha value is -9.24. The van der Waals surface area contributed by atoms with E-state index in [0.29, 0.717) is 0 Å². The molecule has 0 saturated carbocycles. The summed E-state index contributed by atoms with van der Waals surface area (Å²) in [4.78, 5) is 2.38. The lowest BCUT2D eigenvalue weighted by Crippen LogP contribution is -2.10. The van der Waals surface area contributed by atoms with E-state index in [4.69, 9.17) is 0 Å². The molecule has 0 spiro atoms. The number of para-hydroxylation sites is 2. The Labute approximate surface area is 408 Å². The van der Waals surface area contributed by atoms with Crippen LogP contribution in [0.4, 0.5) is 17.1 Å². The summed E-state index contributed by atoms with van der Waals surface area (Å²) in [5.74, 6) is 0. The van der Waals surface area contributed by atoms with Crippen LogP contribution in [0.15, 0.2) is 279 Å². The molecule has 0 amide bonds. The molecule has 70 heavy (non-hydrogen) atoms. The monoisotopic (exact) mass is 890 g/mol. The van der Waals surface area contributed by atoms with E-state index in [1.807, 2.05) is 0 Å². The van der Waals surface area contributed by atoms with E-state index < -0.39 is 0 Å². The fraction of sp³-hybridized carbons (Fsp3) is 0. The van der Waals surface area contributed by atoms with Gasteiger partial charge in [-0.15, -0.1) is 0 Å². The van der Waals surface area contributed by atoms with Gasteiger partial charge in [0.1, 0.15) is 0 Å². The van der Waals surface area contributed by atoms with Crippen molar-refractivity contribution < 1.29 is 0 Å². The van der Waals surface area contributed by atoms with Gasteiger partial charge in [-0.05, 0) is 144 Å². The van der Waals surface area contributed by atoms with E-state index in [2.05, 4.69) is 289 Å². The van der Waals surface area contributed by atoms with Gasteiger partial charge in [0.15, 0.2) is 0 Å². The second-order valence-electron chi connectivity index (χ2n) is 18.0. The summed E-state index contributed by atoms with van der Waals surface area (Å²) in [5, 5.41) is 7.55. The van der Waals surface area contributed by atoms with Crippen molar-refractivity contribution in [3.63, 3.8) is 0 Å². The van der Waals surface area contributed by atoms with Crippen LogP contribution in [0.3, 0.4) is 0 Å². The van der Waals surface area contributed by atoms with Crippen molar-refractivity contribution in [2.45, 2.75) is 0 Å². The summed E-state index contributed by atoms with van der Waals surface area (Å²) in [6, 6.07) is 102. The van der Waals surface area contributed by atoms with Crippen LogP contribution >= 0.6 is 0 Å². The summed E-state index contributed by atoms with van der Waals surface area (Å²) in [5.41, 5.74) is 18.8. The zero-order valence-electron chi connectivity index (χ0n) is 38.5. The maximum Gasteiger partial charge on any atom is 0.0541 e. The van der Waals surface area contributed by atoms with Gasteiger partial charge < -0.3 is 9.47 Å². The Bertz CT molecular complexity index is 3980. The van der Waals surface area contributed by atoms with Crippen LogP contribution in [0.5, 0.6) is 0 Å². The number of nitrogens with zero attached hydrogens (tertiary/aromatic N) is 2. The first-order valence-electron chi connectivity index (χ1n) is 24.1. The van der Waals surface area contributed by atoms with Gasteiger partial charge in [0.2, 0.25) is 0 Å².